The van der Waals surface area contributed by atoms with E-state index < -0.39 is 79.4 Å². The van der Waals surface area contributed by atoms with Gasteiger partial charge >= 0.3 is 35.8 Å². The summed E-state index contributed by atoms with van der Waals surface area (Å²) < 4.78 is 40.3. The number of aldehydes is 1. The second-order valence-corrected chi connectivity index (χ2v) is 18.6. The Bertz CT molecular complexity index is 3930. The van der Waals surface area contributed by atoms with Gasteiger partial charge < -0.3 is 65.2 Å². The standard InChI is InChI=1S/C13H15NO5.C11H8N2O4.C11H11NO5.C11H15NO3.C9H7NO5.C7H5NO3.C3H6O2.CH3F.2CH4O/c1-3-18-12(13(15)19-4-2)9-10-5-7-11(8-6-10)14(16)17;1-7-12-10(11(14)17-7)6-8-2-4-9(5-3-8)13(15)16;1-2-17-10(11(13)14)7-8-3-5-9(6-4-8)12(15)16;1-2-15-10(11(13)14)7-8-3-5-9(12)6-4-8;11-8(9(12)13)5-6-1-3-7(4-2-6)10(14)15;9-5-6-1-3-7(4-2-6)8(10)11;1-2-3(4)5;3*1-2/h5-9H,3-4H2,1-2H3;2-6H,1H3;3-7H,2H2,1H3,(H,13,14);3-6,10H,2,7,12H2,1H3,(H,13,14);1-5,11H,(H,12,13);1-5H;2H2,1H3,(H,4,5);1H3;2*2H,1H3/b12-9-;10-6-;10-7-;;8-5-;;;;;/i;;;;;;;1D;;. The van der Waals surface area contributed by atoms with E-state index in [1.54, 1.807) is 65.8 Å². The molecule has 1 heterocycles. The number of rotatable bonds is 24. The van der Waals surface area contributed by atoms with Crippen LogP contribution in [0.4, 0.5) is 38.5 Å². The van der Waals surface area contributed by atoms with Crippen molar-refractivity contribution >= 4 is 106 Å². The lowest BCUT2D eigenvalue weighted by Gasteiger charge is -2.12. The number of carboxylic acids is 4. The maximum absolute atomic E-state index is 11.6. The number of esters is 2. The van der Waals surface area contributed by atoms with Crippen LogP contribution < -0.4 is 5.73 Å². The van der Waals surface area contributed by atoms with Crippen molar-refractivity contribution in [2.75, 3.05) is 53.5 Å². The third-order valence-electron chi connectivity index (χ3n) is 11.4. The molecule has 566 valence electrons. The van der Waals surface area contributed by atoms with Crippen LogP contribution in [0.25, 0.3) is 24.3 Å². The molecular formula is C68H78FN7O29. The zero-order valence-electron chi connectivity index (χ0n) is 58.5. The monoisotopic (exact) mass is 1480 g/mol. The second-order valence-electron chi connectivity index (χ2n) is 18.6. The van der Waals surface area contributed by atoms with Crippen LogP contribution in [0.3, 0.4) is 0 Å². The van der Waals surface area contributed by atoms with Crippen LogP contribution in [0, 0.1) is 50.6 Å². The Labute approximate surface area is 599 Å². The van der Waals surface area contributed by atoms with Crippen molar-refractivity contribution < 1.29 is 123 Å². The molecule has 36 nitrogen and oxygen atoms in total. The van der Waals surface area contributed by atoms with Gasteiger partial charge in [0.15, 0.2) is 17.7 Å². The number of aliphatic hydroxyl groups is 3. The number of aliphatic hydroxyl groups excluding tert-OH is 3. The molecule has 1 aliphatic rings. The first kappa shape index (κ1) is 93.5. The average Bonchev–Trinajstić information content (AvgIpc) is 1.63. The number of nitrogen functional groups attached to an aromatic ring is 1. The number of aliphatic carboxylic acids is 4. The highest BCUT2D eigenvalue weighted by Crippen LogP contribution is 2.21. The lowest BCUT2D eigenvalue weighted by Crippen LogP contribution is -2.26. The number of cyclic esters (lactones) is 1. The molecule has 1 aliphatic heterocycles. The Morgan fingerprint density at radius 2 is 0.867 bits per heavy atom. The number of nitro benzene ring substituents is 5. The first-order chi connectivity index (χ1) is 50.2. The summed E-state index contributed by atoms with van der Waals surface area (Å²) in [7, 11) is 1.00. The van der Waals surface area contributed by atoms with E-state index in [-0.39, 0.29) is 65.3 Å². The van der Waals surface area contributed by atoms with Gasteiger partial charge in [0.05, 0.1) is 53.0 Å². The number of benzene rings is 6. The molecule has 0 fully saturated rings. The topological polar surface area (TPSA) is 561 Å². The maximum Gasteiger partial charge on any atom is 0.373 e. The number of ether oxygens (including phenoxy) is 5. The molecule has 0 bridgehead atoms. The Morgan fingerprint density at radius 3 is 1.15 bits per heavy atom. The van der Waals surface area contributed by atoms with Gasteiger partial charge in [-0.25, -0.2) is 29.0 Å². The van der Waals surface area contributed by atoms with Crippen LogP contribution in [0.5, 0.6) is 0 Å². The molecule has 6 aromatic carbocycles. The van der Waals surface area contributed by atoms with Crippen molar-refractivity contribution in [1.82, 2.24) is 0 Å². The van der Waals surface area contributed by atoms with Crippen molar-refractivity contribution in [2.24, 2.45) is 4.99 Å². The summed E-state index contributed by atoms with van der Waals surface area (Å²) in [4.78, 5) is 127. The van der Waals surface area contributed by atoms with Crippen LogP contribution >= 0.6 is 0 Å². The molecule has 1 atom stereocenters. The number of aliphatic imine (C=N–C) groups is 1. The Morgan fingerprint density at radius 1 is 0.533 bits per heavy atom. The average molecular weight is 1480 g/mol. The summed E-state index contributed by atoms with van der Waals surface area (Å²) >= 11 is 0. The third kappa shape index (κ3) is 41.6. The normalized spacial score (nSPS) is 11.4. The smallest absolute Gasteiger partial charge is 0.373 e. The molecule has 0 saturated carbocycles. The fraction of sp³-hybridized carbons (Fsp3) is 0.235. The summed E-state index contributed by atoms with van der Waals surface area (Å²) in [5.74, 6) is -6.01. The number of halogens is 1. The maximum atomic E-state index is 11.6. The highest BCUT2D eigenvalue weighted by molar-refractivity contribution is 6.06. The molecular weight excluding hydrogens is 1400 g/mol. The van der Waals surface area contributed by atoms with E-state index in [1.165, 1.54) is 127 Å². The van der Waals surface area contributed by atoms with E-state index in [2.05, 4.69) is 4.99 Å². The zero-order valence-corrected chi connectivity index (χ0v) is 57.5. The number of nitrogens with two attached hydrogens (primary N) is 1. The summed E-state index contributed by atoms with van der Waals surface area (Å²) in [5, 5.41) is 108. The summed E-state index contributed by atoms with van der Waals surface area (Å²) in [5.41, 5.74) is 9.77. The fourth-order valence-corrected chi connectivity index (χ4v) is 6.76. The zero-order chi connectivity index (χ0) is 81.4. The molecule has 0 spiro atoms. The molecule has 0 aliphatic carbocycles. The predicted octanol–water partition coefficient (Wildman–Crippen LogP) is 11.1. The van der Waals surface area contributed by atoms with Gasteiger partial charge in [0.2, 0.25) is 17.3 Å². The summed E-state index contributed by atoms with van der Waals surface area (Å²) in [6.07, 6.45) is 5.78. The SMILES string of the molecule is CC1=N/C(=C\c2ccc([N+](=O)[O-])cc2)C(=O)O1.CCC(=O)O.CCO/C(=C\c1ccc([N+](=O)[O-])cc1)C(=O)O.CCOC(=O)/C(=C/c1ccc([N+](=O)[O-])cc1)OCC.CCOC(Cc1ccc(N)cc1)C(=O)O.CO.CO.O=C(O)/C(O)=C/c1ccc([N+](=O)[O-])cc1.O=Cc1ccc([N+](=O)[O-])cc1.[2H]CF. The van der Waals surface area contributed by atoms with E-state index in [4.69, 9.17) is 66.5 Å². The Kier molecular flexibility index (Phi) is 49.2. The minimum Gasteiger partial charge on any atom is -0.502 e. The molecule has 0 radical (unpaired) electrons. The van der Waals surface area contributed by atoms with Crippen LogP contribution in [-0.4, -0.2) is 162 Å². The van der Waals surface area contributed by atoms with Crippen molar-refractivity contribution in [3.8, 4) is 0 Å². The Balaban J connectivity index is -0.00000117. The van der Waals surface area contributed by atoms with Crippen molar-refractivity contribution in [2.45, 2.75) is 60.5 Å². The summed E-state index contributed by atoms with van der Waals surface area (Å²) in [6, 6.07) is 34.8. The lowest BCUT2D eigenvalue weighted by atomic mass is 10.1. The van der Waals surface area contributed by atoms with Crippen LogP contribution in [0.2, 0.25) is 0 Å². The lowest BCUT2D eigenvalue weighted by molar-refractivity contribution is -0.385. The van der Waals surface area contributed by atoms with Crippen molar-refractivity contribution in [3.05, 3.63) is 253 Å². The summed E-state index contributed by atoms with van der Waals surface area (Å²) in [6.45, 7) is 11.3. The highest BCUT2D eigenvalue weighted by Gasteiger charge is 2.21. The van der Waals surface area contributed by atoms with E-state index >= 15 is 0 Å². The number of anilines is 1. The predicted molar refractivity (Wildman–Crippen MR) is 379 cm³/mol. The number of hydrogen-bond donors (Lipinski definition) is 8. The van der Waals surface area contributed by atoms with Gasteiger partial charge in [0.25, 0.3) is 28.4 Å². The van der Waals surface area contributed by atoms with Gasteiger partial charge in [0, 0.05) is 113 Å². The number of nitrogens with zero attached hydrogens (tertiary/aromatic N) is 6. The molecule has 1 unspecified atom stereocenters. The van der Waals surface area contributed by atoms with E-state index in [1.807, 2.05) is 12.1 Å². The minimum atomic E-state index is -1.45. The first-order valence-corrected chi connectivity index (χ1v) is 29.8. The number of alkyl halides is 1. The van der Waals surface area contributed by atoms with Gasteiger partial charge in [-0.05, 0) is 153 Å². The van der Waals surface area contributed by atoms with Crippen LogP contribution in [0.15, 0.2) is 174 Å². The van der Waals surface area contributed by atoms with E-state index in [0.717, 1.165) is 25.9 Å². The number of non-ortho nitro benzene ring substituents is 5. The molecule has 37 heteroatoms. The number of nitro groups is 5. The van der Waals surface area contributed by atoms with Gasteiger partial charge in [0.1, 0.15) is 6.29 Å². The van der Waals surface area contributed by atoms with Gasteiger partial charge in [-0.15, -0.1) is 0 Å². The van der Waals surface area contributed by atoms with Gasteiger partial charge in [-0.2, -0.15) is 0 Å². The number of carbonyl (C=O) groups is 7. The van der Waals surface area contributed by atoms with E-state index in [9.17, 15) is 88.5 Å². The van der Waals surface area contributed by atoms with Crippen molar-refractivity contribution in [1.29, 1.82) is 0 Å². The molecule has 7 rings (SSSR count). The van der Waals surface area contributed by atoms with Gasteiger partial charge in [-0.3, -0.25) is 64.6 Å². The number of carboxylic acid groups (broad SMARTS) is 4. The Hall–Kier alpha value is -13.6. The number of hydrogen-bond acceptors (Lipinski definition) is 27. The number of carbonyl (C=O) groups excluding carboxylic acids is 3. The second kappa shape index (κ2) is 55.3. The first-order valence-electron chi connectivity index (χ1n) is 30.5. The minimum absolute atomic E-state index is 0.000769. The fourth-order valence-electron chi connectivity index (χ4n) is 6.76. The van der Waals surface area contributed by atoms with Gasteiger partial charge in [-0.1, -0.05) is 19.1 Å². The highest BCUT2D eigenvalue weighted by atomic mass is 19.1. The molecule has 6 aromatic rings. The molecule has 9 N–H and O–H groups in total. The third-order valence-corrected chi connectivity index (χ3v) is 11.4. The quantitative estimate of drug-likeness (QED) is 0.00531. The van der Waals surface area contributed by atoms with E-state index in [0.29, 0.717) is 65.3 Å². The largest absolute Gasteiger partial charge is 0.502 e. The molecule has 0 aromatic heterocycles. The van der Waals surface area contributed by atoms with Crippen LogP contribution in [-0.2, 0) is 58.9 Å². The van der Waals surface area contributed by atoms with Crippen LogP contribution in [0.1, 0.15) is 87.5 Å². The molecule has 105 heavy (non-hydrogen) atoms. The molecule has 0 saturated heterocycles. The molecule has 0 amide bonds. The van der Waals surface area contributed by atoms with Crippen molar-refractivity contribution in [3.63, 3.8) is 0 Å².